The number of nitrogens with zero attached hydrogens (tertiary/aromatic N) is 2. The number of rotatable bonds is 0. The molecule has 5 rings (SSSR count). The van der Waals surface area contributed by atoms with Crippen LogP contribution < -0.4 is 0 Å². The highest BCUT2D eigenvalue weighted by atomic mass is 19.1. The van der Waals surface area contributed by atoms with Crippen LogP contribution in [-0.4, -0.2) is 10.1 Å². The molecular weight excluding hydrogens is 358 g/mol. The van der Waals surface area contributed by atoms with Crippen LogP contribution in [0.15, 0.2) is 66.4 Å². The third kappa shape index (κ3) is 2.13. The Kier molecular flexibility index (Phi) is 3.51. The van der Waals surface area contributed by atoms with Gasteiger partial charge in [0.25, 0.3) is 0 Å². The third-order valence-electron chi connectivity index (χ3n) is 5.23. The van der Waals surface area contributed by atoms with Crippen molar-refractivity contribution in [3.8, 4) is 17.3 Å². The molecule has 1 N–H and O–H groups in total. The minimum atomic E-state index is -1.32. The topological polar surface area (TPSA) is 56.9 Å². The van der Waals surface area contributed by atoms with Gasteiger partial charge < -0.3 is 5.11 Å². The number of benzene rings is 2. The van der Waals surface area contributed by atoms with E-state index in [2.05, 4.69) is 4.98 Å². The molecule has 0 amide bonds. The van der Waals surface area contributed by atoms with Gasteiger partial charge in [0, 0.05) is 40.6 Å². The molecule has 0 bridgehead atoms. The van der Waals surface area contributed by atoms with Gasteiger partial charge in [-0.1, -0.05) is 30.3 Å². The minimum absolute atomic E-state index is 0.0137. The number of aliphatic hydroxyl groups is 1. The summed E-state index contributed by atoms with van der Waals surface area (Å²) in [6, 6.07) is 15.1. The number of pyridine rings is 1. The van der Waals surface area contributed by atoms with E-state index in [4.69, 9.17) is 0 Å². The number of fused-ring (bicyclic) bond motifs is 4. The number of aliphatic hydroxyl groups excluding tert-OH is 1. The molecule has 0 saturated heterocycles. The Morgan fingerprint density at radius 3 is 2.54 bits per heavy atom. The molecule has 5 heteroatoms. The fourth-order valence-electron chi connectivity index (χ4n) is 4.18. The maximum Gasteiger partial charge on any atom is 0.132 e. The first-order valence-electron chi connectivity index (χ1n) is 8.68. The second-order valence-electron chi connectivity index (χ2n) is 6.67. The smallest absolute Gasteiger partial charge is 0.132 e. The van der Waals surface area contributed by atoms with Crippen LogP contribution in [0.5, 0.6) is 0 Å². The highest BCUT2D eigenvalue weighted by Crippen LogP contribution is 2.54. The zero-order valence-corrected chi connectivity index (χ0v) is 14.4. The lowest BCUT2D eigenvalue weighted by Crippen LogP contribution is -2.00. The Morgan fingerprint density at radius 1 is 1.00 bits per heavy atom. The van der Waals surface area contributed by atoms with Gasteiger partial charge in [0.1, 0.15) is 17.7 Å². The van der Waals surface area contributed by atoms with Crippen molar-refractivity contribution in [2.24, 2.45) is 0 Å². The first-order valence-corrected chi connectivity index (χ1v) is 8.68. The molecule has 0 radical (unpaired) electrons. The second kappa shape index (κ2) is 5.95. The molecule has 0 saturated carbocycles. The molecule has 1 heterocycles. The SMILES string of the molecule is N#C/C=C1/C(=C2\c3ccccc3-c3ncccc32)C(O)c2c(F)cc(F)cc21. The van der Waals surface area contributed by atoms with Crippen molar-refractivity contribution < 1.29 is 13.9 Å². The van der Waals surface area contributed by atoms with Gasteiger partial charge in [0.2, 0.25) is 0 Å². The standard InChI is InChI=1S/C23H12F2N2O/c24-12-10-17-14(7-8-26)21(23(28)20(17)18(25)11-12)19-13-4-1-2-5-15(13)22-16(19)6-3-9-27-22/h1-7,9-11,23,28H/b14-7+,21-19-. The lowest BCUT2D eigenvalue weighted by molar-refractivity contribution is 0.220. The van der Waals surface area contributed by atoms with Crippen LogP contribution in [-0.2, 0) is 0 Å². The van der Waals surface area contributed by atoms with Crippen molar-refractivity contribution in [2.75, 3.05) is 0 Å². The van der Waals surface area contributed by atoms with Gasteiger partial charge in [-0.2, -0.15) is 5.26 Å². The minimum Gasteiger partial charge on any atom is -0.383 e. The van der Waals surface area contributed by atoms with Crippen LogP contribution in [0.1, 0.15) is 28.4 Å². The van der Waals surface area contributed by atoms with Crippen molar-refractivity contribution in [2.45, 2.75) is 6.10 Å². The van der Waals surface area contributed by atoms with Crippen molar-refractivity contribution in [3.05, 3.63) is 100 Å². The van der Waals surface area contributed by atoms with E-state index in [0.29, 0.717) is 16.7 Å². The fraction of sp³-hybridized carbons (Fsp3) is 0.0435. The number of hydrogen-bond acceptors (Lipinski definition) is 3. The zero-order chi connectivity index (χ0) is 19.4. The number of hydrogen-bond donors (Lipinski definition) is 1. The molecule has 3 nitrogen and oxygen atoms in total. The highest BCUT2D eigenvalue weighted by molar-refractivity contribution is 6.08. The van der Waals surface area contributed by atoms with Crippen LogP contribution in [0.3, 0.4) is 0 Å². The molecule has 28 heavy (non-hydrogen) atoms. The summed E-state index contributed by atoms with van der Waals surface area (Å²) in [6.45, 7) is 0. The summed E-state index contributed by atoms with van der Waals surface area (Å²) in [5, 5.41) is 20.3. The first kappa shape index (κ1) is 16.5. The molecular formula is C23H12F2N2O. The maximum atomic E-state index is 14.5. The predicted molar refractivity (Wildman–Crippen MR) is 101 cm³/mol. The van der Waals surface area contributed by atoms with Crippen LogP contribution in [0.2, 0.25) is 0 Å². The van der Waals surface area contributed by atoms with E-state index in [1.54, 1.807) is 12.3 Å². The van der Waals surface area contributed by atoms with Crippen molar-refractivity contribution in [3.63, 3.8) is 0 Å². The van der Waals surface area contributed by atoms with E-state index < -0.39 is 17.7 Å². The van der Waals surface area contributed by atoms with Gasteiger partial charge in [-0.3, -0.25) is 4.98 Å². The molecule has 0 fully saturated rings. The van der Waals surface area contributed by atoms with E-state index in [0.717, 1.165) is 34.5 Å². The van der Waals surface area contributed by atoms with Crippen LogP contribution in [0, 0.1) is 23.0 Å². The number of nitriles is 1. The van der Waals surface area contributed by atoms with Crippen molar-refractivity contribution >= 4 is 11.1 Å². The van der Waals surface area contributed by atoms with Crippen LogP contribution in [0.4, 0.5) is 8.78 Å². The highest BCUT2D eigenvalue weighted by Gasteiger charge is 2.39. The molecule has 0 spiro atoms. The van der Waals surface area contributed by atoms with E-state index in [-0.39, 0.29) is 11.1 Å². The quantitative estimate of drug-likeness (QED) is 0.453. The average Bonchev–Trinajstić information content (AvgIpc) is 3.15. The normalized spacial score (nSPS) is 20.6. The summed E-state index contributed by atoms with van der Waals surface area (Å²) in [7, 11) is 0. The molecule has 3 aromatic rings. The monoisotopic (exact) mass is 370 g/mol. The van der Waals surface area contributed by atoms with Crippen molar-refractivity contribution in [1.29, 1.82) is 5.26 Å². The molecule has 2 aromatic carbocycles. The van der Waals surface area contributed by atoms with Gasteiger partial charge in [-0.25, -0.2) is 8.78 Å². The lowest BCUT2D eigenvalue weighted by Gasteiger charge is -2.13. The number of halogens is 2. The summed E-state index contributed by atoms with van der Waals surface area (Å²) in [5.74, 6) is -1.59. The fourth-order valence-corrected chi connectivity index (χ4v) is 4.18. The van der Waals surface area contributed by atoms with Gasteiger partial charge in [-0.05, 0) is 34.4 Å². The molecule has 1 unspecified atom stereocenters. The average molecular weight is 370 g/mol. The molecule has 0 aliphatic heterocycles. The Hall–Kier alpha value is -3.62. The molecule has 1 atom stereocenters. The van der Waals surface area contributed by atoms with E-state index in [1.165, 1.54) is 6.08 Å². The summed E-state index contributed by atoms with van der Waals surface area (Å²) in [4.78, 5) is 4.46. The Morgan fingerprint density at radius 2 is 1.75 bits per heavy atom. The van der Waals surface area contributed by atoms with Gasteiger partial charge in [-0.15, -0.1) is 0 Å². The Labute approximate surface area is 159 Å². The molecule has 2 aliphatic carbocycles. The summed E-state index contributed by atoms with van der Waals surface area (Å²) >= 11 is 0. The molecule has 1 aromatic heterocycles. The lowest BCUT2D eigenvalue weighted by atomic mass is 9.92. The first-order chi connectivity index (χ1) is 13.6. The third-order valence-corrected chi connectivity index (χ3v) is 5.23. The number of allylic oxidation sites excluding steroid dienone is 1. The van der Waals surface area contributed by atoms with E-state index >= 15 is 0 Å². The van der Waals surface area contributed by atoms with Crippen LogP contribution >= 0.6 is 0 Å². The number of aromatic nitrogens is 1. The van der Waals surface area contributed by atoms with Gasteiger partial charge in [0.05, 0.1) is 11.8 Å². The summed E-state index contributed by atoms with van der Waals surface area (Å²) in [6.07, 6.45) is 1.60. The predicted octanol–water partition coefficient (Wildman–Crippen LogP) is 4.80. The van der Waals surface area contributed by atoms with E-state index in [9.17, 15) is 19.1 Å². The zero-order valence-electron chi connectivity index (χ0n) is 14.4. The Balaban J connectivity index is 1.91. The summed E-state index contributed by atoms with van der Waals surface area (Å²) < 4.78 is 28.4. The molecule has 134 valence electrons. The van der Waals surface area contributed by atoms with Crippen molar-refractivity contribution in [1.82, 2.24) is 4.98 Å². The van der Waals surface area contributed by atoms with E-state index in [1.807, 2.05) is 36.4 Å². The van der Waals surface area contributed by atoms with Crippen LogP contribution in [0.25, 0.3) is 22.4 Å². The Bertz CT molecular complexity index is 1220. The molecule has 2 aliphatic rings. The van der Waals surface area contributed by atoms with Gasteiger partial charge >= 0.3 is 0 Å². The second-order valence-corrected chi connectivity index (χ2v) is 6.67. The largest absolute Gasteiger partial charge is 0.383 e. The van der Waals surface area contributed by atoms with Gasteiger partial charge in [0.15, 0.2) is 0 Å². The maximum absolute atomic E-state index is 14.5. The summed E-state index contributed by atoms with van der Waals surface area (Å²) in [5.41, 5.74) is 4.86.